The molecule has 0 aliphatic carbocycles. The highest BCUT2D eigenvalue weighted by Gasteiger charge is 2.42. The number of nitrogens with zero attached hydrogens (tertiary/aromatic N) is 3. The van der Waals surface area contributed by atoms with Crippen molar-refractivity contribution in [2.45, 2.75) is 32.9 Å². The largest absolute Gasteiger partial charge is 0.495 e. The maximum Gasteiger partial charge on any atom is 0.221 e. The first-order valence-corrected chi connectivity index (χ1v) is 12.6. The first-order chi connectivity index (χ1) is 18.3. The number of hydrogen-bond donors (Lipinski definition) is 2. The molecule has 2 N–H and O–H groups in total. The van der Waals surface area contributed by atoms with E-state index < -0.39 is 0 Å². The van der Waals surface area contributed by atoms with Gasteiger partial charge in [0.2, 0.25) is 5.91 Å². The van der Waals surface area contributed by atoms with Gasteiger partial charge in [-0.15, -0.1) is 0 Å². The van der Waals surface area contributed by atoms with Gasteiger partial charge in [0.15, 0.2) is 5.11 Å². The van der Waals surface area contributed by atoms with E-state index in [9.17, 15) is 9.18 Å². The van der Waals surface area contributed by atoms with Crippen LogP contribution in [0.15, 0.2) is 72.9 Å². The number of methoxy groups -OCH3 is 1. The quantitative estimate of drug-likeness (QED) is 0.309. The predicted octanol–water partition coefficient (Wildman–Crippen LogP) is 5.77. The Balaban J connectivity index is 1.69. The van der Waals surface area contributed by atoms with Crippen molar-refractivity contribution in [3.05, 3.63) is 101 Å². The minimum Gasteiger partial charge on any atom is -0.495 e. The van der Waals surface area contributed by atoms with Crippen molar-refractivity contribution in [2.24, 2.45) is 0 Å². The van der Waals surface area contributed by atoms with Gasteiger partial charge in [-0.3, -0.25) is 9.78 Å². The summed E-state index contributed by atoms with van der Waals surface area (Å²) in [6, 6.07) is 19.6. The Morgan fingerprint density at radius 2 is 1.87 bits per heavy atom. The van der Waals surface area contributed by atoms with Gasteiger partial charge >= 0.3 is 0 Å². The number of aryl methyl sites for hydroxylation is 1. The van der Waals surface area contributed by atoms with Crippen LogP contribution in [0, 0.1) is 19.7 Å². The van der Waals surface area contributed by atoms with Crippen molar-refractivity contribution < 1.29 is 13.9 Å². The molecular formula is C29H28FN5O2S. The van der Waals surface area contributed by atoms with E-state index in [1.54, 1.807) is 31.5 Å². The summed E-state index contributed by atoms with van der Waals surface area (Å²) in [7, 11) is 1.56. The lowest BCUT2D eigenvalue weighted by Gasteiger charge is -2.29. The molecule has 1 aliphatic rings. The molecule has 38 heavy (non-hydrogen) atoms. The van der Waals surface area contributed by atoms with Gasteiger partial charge in [-0.2, -0.15) is 0 Å². The van der Waals surface area contributed by atoms with E-state index in [0.717, 1.165) is 28.3 Å². The zero-order valence-electron chi connectivity index (χ0n) is 21.5. The second-order valence-corrected chi connectivity index (χ2v) is 9.56. The highest BCUT2D eigenvalue weighted by molar-refractivity contribution is 7.80. The Labute approximate surface area is 226 Å². The molecule has 1 fully saturated rings. The third kappa shape index (κ3) is 4.50. The highest BCUT2D eigenvalue weighted by atomic mass is 32.1. The number of thiocarbonyl (C=S) groups is 1. The Kier molecular flexibility index (Phi) is 6.86. The summed E-state index contributed by atoms with van der Waals surface area (Å²) < 4.78 is 22.3. The van der Waals surface area contributed by atoms with E-state index in [4.69, 9.17) is 17.0 Å². The molecule has 0 spiro atoms. The number of rotatable bonds is 6. The average molecular weight is 530 g/mol. The van der Waals surface area contributed by atoms with Crippen molar-refractivity contribution in [1.82, 2.24) is 14.9 Å². The molecule has 1 aliphatic heterocycles. The molecule has 1 saturated heterocycles. The second-order valence-electron chi connectivity index (χ2n) is 9.18. The molecule has 0 bridgehead atoms. The van der Waals surface area contributed by atoms with E-state index in [2.05, 4.69) is 21.7 Å². The molecule has 0 saturated carbocycles. The minimum atomic E-state index is -0.303. The second kappa shape index (κ2) is 10.3. The van der Waals surface area contributed by atoms with Crippen LogP contribution in [0.3, 0.4) is 0 Å². The smallest absolute Gasteiger partial charge is 0.221 e. The SMILES string of the molecule is COc1ccc(N2C(=S)N[C@H](c3ccccn3)[C@H]2c2cc(C)n(-c3ccccc3F)c2C)cc1NC(C)=O. The number of aromatic nitrogens is 2. The first kappa shape index (κ1) is 25.4. The van der Waals surface area contributed by atoms with Gasteiger partial charge in [0.25, 0.3) is 0 Å². The third-order valence-corrected chi connectivity index (χ3v) is 7.07. The standard InChI is InChI=1S/C29H28FN5O2S/c1-17-15-21(18(2)34(17)25-11-6-5-9-22(25)30)28-27(23-10-7-8-14-31-23)33-29(38)35(28)20-12-13-26(37-4)24(16-20)32-19(3)36/h5-16,27-28H,1-4H3,(H,32,36)(H,33,38)/t27-,28-/m1/s1. The maximum absolute atomic E-state index is 14.9. The van der Waals surface area contributed by atoms with Crippen molar-refractivity contribution in [1.29, 1.82) is 0 Å². The van der Waals surface area contributed by atoms with Gasteiger partial charge in [0.05, 0.1) is 36.3 Å². The number of carbonyl (C=O) groups is 1. The number of nitrogens with one attached hydrogen (secondary N) is 2. The Bertz CT molecular complexity index is 1520. The fourth-order valence-corrected chi connectivity index (χ4v) is 5.52. The topological polar surface area (TPSA) is 71.4 Å². The number of carbonyl (C=O) groups excluding carboxylic acids is 1. The van der Waals surface area contributed by atoms with Crippen molar-refractivity contribution >= 4 is 34.6 Å². The summed E-state index contributed by atoms with van der Waals surface area (Å²) in [4.78, 5) is 18.5. The molecule has 2 aromatic heterocycles. The monoisotopic (exact) mass is 529 g/mol. The van der Waals surface area contributed by atoms with Crippen LogP contribution in [0.2, 0.25) is 0 Å². The predicted molar refractivity (Wildman–Crippen MR) is 150 cm³/mol. The molecule has 2 aromatic carbocycles. The molecule has 7 nitrogen and oxygen atoms in total. The van der Waals surface area contributed by atoms with Gasteiger partial charge in [0, 0.05) is 30.2 Å². The van der Waals surface area contributed by atoms with Gasteiger partial charge in [-0.05, 0) is 80.2 Å². The Morgan fingerprint density at radius 3 is 2.55 bits per heavy atom. The zero-order valence-corrected chi connectivity index (χ0v) is 22.3. The van der Waals surface area contributed by atoms with Crippen LogP contribution >= 0.6 is 12.2 Å². The summed E-state index contributed by atoms with van der Waals surface area (Å²) in [5, 5.41) is 6.81. The number of pyridine rings is 1. The number of para-hydroxylation sites is 1. The number of anilines is 2. The lowest BCUT2D eigenvalue weighted by molar-refractivity contribution is -0.114. The number of hydrogen-bond acceptors (Lipinski definition) is 4. The molecule has 1 amide bonds. The van der Waals surface area contributed by atoms with E-state index in [0.29, 0.717) is 22.2 Å². The van der Waals surface area contributed by atoms with Crippen LogP contribution in [-0.2, 0) is 4.79 Å². The normalized spacial score (nSPS) is 16.9. The molecule has 9 heteroatoms. The fraction of sp³-hybridized carbons (Fsp3) is 0.207. The average Bonchev–Trinajstić information content (AvgIpc) is 3.39. The fourth-order valence-electron chi connectivity index (χ4n) is 5.17. The number of halogens is 1. The first-order valence-electron chi connectivity index (χ1n) is 12.2. The van der Waals surface area contributed by atoms with Crippen LogP contribution in [0.25, 0.3) is 5.69 Å². The van der Waals surface area contributed by atoms with Gasteiger partial charge in [0.1, 0.15) is 11.6 Å². The van der Waals surface area contributed by atoms with Crippen molar-refractivity contribution in [3.8, 4) is 11.4 Å². The summed E-state index contributed by atoms with van der Waals surface area (Å²) in [6.45, 7) is 5.40. The van der Waals surface area contributed by atoms with Gasteiger partial charge < -0.3 is 24.8 Å². The summed E-state index contributed by atoms with van der Waals surface area (Å²) >= 11 is 5.87. The molecule has 2 atom stereocenters. The van der Waals surface area contributed by atoms with Gasteiger partial charge in [-0.25, -0.2) is 4.39 Å². The van der Waals surface area contributed by atoms with Crippen molar-refractivity contribution in [2.75, 3.05) is 17.3 Å². The van der Waals surface area contributed by atoms with E-state index >= 15 is 0 Å². The molecule has 3 heterocycles. The molecule has 4 aromatic rings. The van der Waals surface area contributed by atoms with E-state index in [1.165, 1.54) is 13.0 Å². The molecule has 194 valence electrons. The number of ether oxygens (including phenoxy) is 1. The van der Waals surface area contributed by atoms with Crippen LogP contribution < -0.4 is 20.3 Å². The molecule has 0 unspecified atom stereocenters. The highest BCUT2D eigenvalue weighted by Crippen LogP contribution is 2.45. The minimum absolute atomic E-state index is 0.209. The lowest BCUT2D eigenvalue weighted by Crippen LogP contribution is -2.29. The molecular weight excluding hydrogens is 501 g/mol. The number of amides is 1. The summed E-state index contributed by atoms with van der Waals surface area (Å²) in [5.74, 6) is 0.0330. The molecule has 5 rings (SSSR count). The van der Waals surface area contributed by atoms with Crippen molar-refractivity contribution in [3.63, 3.8) is 0 Å². The Hall–Kier alpha value is -4.24. The van der Waals surface area contributed by atoms with E-state index in [-0.39, 0.29) is 23.8 Å². The van der Waals surface area contributed by atoms with Crippen LogP contribution in [0.5, 0.6) is 5.75 Å². The lowest BCUT2D eigenvalue weighted by atomic mass is 9.96. The van der Waals surface area contributed by atoms with Crippen LogP contribution in [0.4, 0.5) is 15.8 Å². The van der Waals surface area contributed by atoms with Crippen LogP contribution in [-0.4, -0.2) is 27.7 Å². The summed E-state index contributed by atoms with van der Waals surface area (Å²) in [6.07, 6.45) is 1.75. The van der Waals surface area contributed by atoms with E-state index in [1.807, 2.05) is 59.7 Å². The summed E-state index contributed by atoms with van der Waals surface area (Å²) in [5.41, 5.74) is 5.39. The Morgan fingerprint density at radius 1 is 1.11 bits per heavy atom. The third-order valence-electron chi connectivity index (χ3n) is 6.75. The number of benzene rings is 2. The van der Waals surface area contributed by atoms with Gasteiger partial charge in [-0.1, -0.05) is 18.2 Å². The van der Waals surface area contributed by atoms with Crippen LogP contribution in [0.1, 0.15) is 41.7 Å². The molecule has 0 radical (unpaired) electrons. The maximum atomic E-state index is 14.9. The zero-order chi connectivity index (χ0) is 27.0.